The minimum Gasteiger partial charge on any atom is -0.497 e. The molecule has 112 valence electrons. The summed E-state index contributed by atoms with van der Waals surface area (Å²) in [6.45, 7) is 2.00. The molecule has 1 heterocycles. The molecule has 0 atom stereocenters. The zero-order valence-electron chi connectivity index (χ0n) is 12.2. The summed E-state index contributed by atoms with van der Waals surface area (Å²) in [5, 5.41) is 3.78. The van der Waals surface area contributed by atoms with Gasteiger partial charge in [0.2, 0.25) is 0 Å². The van der Waals surface area contributed by atoms with E-state index in [4.69, 9.17) is 4.74 Å². The van der Waals surface area contributed by atoms with Crippen molar-refractivity contribution in [3.05, 3.63) is 58.2 Å². The number of halogens is 1. The molecule has 0 bridgehead atoms. The first kappa shape index (κ1) is 14.7. The van der Waals surface area contributed by atoms with E-state index in [1.807, 2.05) is 43.3 Å². The van der Waals surface area contributed by atoms with Crippen LogP contribution in [0.5, 0.6) is 5.75 Å². The maximum atomic E-state index is 12.5. The van der Waals surface area contributed by atoms with Gasteiger partial charge < -0.3 is 15.0 Å². The summed E-state index contributed by atoms with van der Waals surface area (Å²) in [6, 6.07) is 11.3. The van der Waals surface area contributed by atoms with Gasteiger partial charge in [0, 0.05) is 33.3 Å². The average Bonchev–Trinajstić information content (AvgIpc) is 2.94. The highest BCUT2D eigenvalue weighted by Crippen LogP contribution is 2.25. The Bertz CT molecular complexity index is 855. The van der Waals surface area contributed by atoms with Crippen LogP contribution in [0.1, 0.15) is 15.9 Å². The average molecular weight is 359 g/mol. The number of rotatable bonds is 3. The highest BCUT2D eigenvalue weighted by atomic mass is 79.9. The second-order valence-electron chi connectivity index (χ2n) is 5.03. The lowest BCUT2D eigenvalue weighted by molar-refractivity contribution is 0.102. The highest BCUT2D eigenvalue weighted by Gasteiger charge is 2.13. The van der Waals surface area contributed by atoms with Gasteiger partial charge in [-0.2, -0.15) is 0 Å². The van der Waals surface area contributed by atoms with Crippen LogP contribution >= 0.6 is 15.9 Å². The van der Waals surface area contributed by atoms with Gasteiger partial charge in [0.05, 0.1) is 12.7 Å². The van der Waals surface area contributed by atoms with Gasteiger partial charge in [-0.25, -0.2) is 0 Å². The third kappa shape index (κ3) is 2.72. The van der Waals surface area contributed by atoms with Crippen molar-refractivity contribution in [2.24, 2.45) is 0 Å². The van der Waals surface area contributed by atoms with Gasteiger partial charge in [-0.05, 0) is 36.8 Å². The lowest BCUT2D eigenvalue weighted by Crippen LogP contribution is -2.11. The summed E-state index contributed by atoms with van der Waals surface area (Å²) < 4.78 is 6.15. The van der Waals surface area contributed by atoms with Crippen LogP contribution in [0.25, 0.3) is 10.9 Å². The number of aromatic amines is 1. The third-order valence-electron chi connectivity index (χ3n) is 3.56. The van der Waals surface area contributed by atoms with Crippen molar-refractivity contribution in [1.82, 2.24) is 4.98 Å². The van der Waals surface area contributed by atoms with Crippen molar-refractivity contribution in [3.63, 3.8) is 0 Å². The molecule has 0 fully saturated rings. The van der Waals surface area contributed by atoms with E-state index in [2.05, 4.69) is 26.2 Å². The van der Waals surface area contributed by atoms with Gasteiger partial charge >= 0.3 is 0 Å². The van der Waals surface area contributed by atoms with Crippen LogP contribution in [0, 0.1) is 6.92 Å². The summed E-state index contributed by atoms with van der Waals surface area (Å²) in [6.07, 6.45) is 1.71. The number of aryl methyl sites for hydroxylation is 1. The molecular formula is C17H15BrN2O2. The number of hydrogen-bond acceptors (Lipinski definition) is 2. The van der Waals surface area contributed by atoms with Crippen molar-refractivity contribution in [3.8, 4) is 5.75 Å². The van der Waals surface area contributed by atoms with Crippen molar-refractivity contribution >= 4 is 38.4 Å². The van der Waals surface area contributed by atoms with Crippen LogP contribution in [0.2, 0.25) is 0 Å². The molecule has 1 aromatic heterocycles. The van der Waals surface area contributed by atoms with Crippen molar-refractivity contribution < 1.29 is 9.53 Å². The largest absolute Gasteiger partial charge is 0.497 e. The van der Waals surface area contributed by atoms with E-state index in [1.165, 1.54) is 0 Å². The molecule has 0 unspecified atom stereocenters. The standard InChI is InChI=1S/C17H15BrN2O2/c1-10-3-4-11(7-15(10)18)20-17(21)14-9-19-16-8-12(22-2)5-6-13(14)16/h3-9,19H,1-2H3,(H,20,21). The van der Waals surface area contributed by atoms with Crippen molar-refractivity contribution in [1.29, 1.82) is 0 Å². The molecule has 1 amide bonds. The molecule has 0 aliphatic rings. The molecule has 2 aromatic carbocycles. The second-order valence-corrected chi connectivity index (χ2v) is 5.89. The predicted molar refractivity (Wildman–Crippen MR) is 91.7 cm³/mol. The number of amides is 1. The van der Waals surface area contributed by atoms with Crippen LogP contribution in [-0.2, 0) is 0 Å². The van der Waals surface area contributed by atoms with E-state index in [1.54, 1.807) is 13.3 Å². The van der Waals surface area contributed by atoms with Gasteiger partial charge in [-0.1, -0.05) is 22.0 Å². The minimum absolute atomic E-state index is 0.146. The Morgan fingerprint density at radius 3 is 2.77 bits per heavy atom. The molecule has 5 heteroatoms. The van der Waals surface area contributed by atoms with Crippen molar-refractivity contribution in [2.75, 3.05) is 12.4 Å². The quantitative estimate of drug-likeness (QED) is 0.724. The molecule has 0 aliphatic heterocycles. The number of ether oxygens (including phenoxy) is 1. The van der Waals surface area contributed by atoms with Crippen LogP contribution in [-0.4, -0.2) is 18.0 Å². The fourth-order valence-electron chi connectivity index (χ4n) is 2.29. The summed E-state index contributed by atoms with van der Waals surface area (Å²) >= 11 is 3.47. The molecule has 0 spiro atoms. The van der Waals surface area contributed by atoms with Gasteiger partial charge in [0.1, 0.15) is 5.75 Å². The number of methoxy groups -OCH3 is 1. The molecule has 3 aromatic rings. The molecule has 0 saturated heterocycles. The number of hydrogen-bond donors (Lipinski definition) is 2. The molecule has 2 N–H and O–H groups in total. The zero-order chi connectivity index (χ0) is 15.7. The molecule has 4 nitrogen and oxygen atoms in total. The normalized spacial score (nSPS) is 10.7. The predicted octanol–water partition coefficient (Wildman–Crippen LogP) is 4.50. The number of carbonyl (C=O) groups excluding carboxylic acids is 1. The maximum absolute atomic E-state index is 12.5. The molecule has 0 saturated carbocycles. The van der Waals surface area contributed by atoms with Crippen molar-refractivity contribution in [2.45, 2.75) is 6.92 Å². The van der Waals surface area contributed by atoms with E-state index < -0.39 is 0 Å². The van der Waals surface area contributed by atoms with E-state index >= 15 is 0 Å². The molecule has 0 aliphatic carbocycles. The number of benzene rings is 2. The zero-order valence-corrected chi connectivity index (χ0v) is 13.8. The monoisotopic (exact) mass is 358 g/mol. The lowest BCUT2D eigenvalue weighted by Gasteiger charge is -2.06. The maximum Gasteiger partial charge on any atom is 0.257 e. The second kappa shape index (κ2) is 5.85. The van der Waals surface area contributed by atoms with E-state index in [9.17, 15) is 4.79 Å². The summed E-state index contributed by atoms with van der Waals surface area (Å²) in [5.74, 6) is 0.607. The van der Waals surface area contributed by atoms with E-state index in [0.717, 1.165) is 32.4 Å². The first-order valence-corrected chi connectivity index (χ1v) is 7.60. The van der Waals surface area contributed by atoms with Crippen LogP contribution in [0.3, 0.4) is 0 Å². The van der Waals surface area contributed by atoms with Gasteiger partial charge in [-0.3, -0.25) is 4.79 Å². The fraction of sp³-hybridized carbons (Fsp3) is 0.118. The number of H-pyrrole nitrogens is 1. The van der Waals surface area contributed by atoms with Gasteiger partial charge in [-0.15, -0.1) is 0 Å². The van der Waals surface area contributed by atoms with E-state index in [0.29, 0.717) is 5.56 Å². The number of nitrogens with one attached hydrogen (secondary N) is 2. The Labute approximate surface area is 136 Å². The Morgan fingerprint density at radius 2 is 2.05 bits per heavy atom. The summed E-state index contributed by atoms with van der Waals surface area (Å²) in [4.78, 5) is 15.6. The van der Waals surface area contributed by atoms with Crippen LogP contribution in [0.15, 0.2) is 47.1 Å². The van der Waals surface area contributed by atoms with Gasteiger partial charge in [0.15, 0.2) is 0 Å². The topological polar surface area (TPSA) is 54.1 Å². The Balaban J connectivity index is 1.90. The SMILES string of the molecule is COc1ccc2c(C(=O)Nc3ccc(C)c(Br)c3)c[nH]c2c1. The first-order chi connectivity index (χ1) is 10.6. The lowest BCUT2D eigenvalue weighted by atomic mass is 10.1. The molecular weight excluding hydrogens is 344 g/mol. The smallest absolute Gasteiger partial charge is 0.257 e. The molecule has 0 radical (unpaired) electrons. The Morgan fingerprint density at radius 1 is 1.23 bits per heavy atom. The number of carbonyl (C=O) groups is 1. The Kier molecular flexibility index (Phi) is 3.90. The third-order valence-corrected chi connectivity index (χ3v) is 4.42. The van der Waals surface area contributed by atoms with Crippen LogP contribution < -0.4 is 10.1 Å². The van der Waals surface area contributed by atoms with Gasteiger partial charge in [0.25, 0.3) is 5.91 Å². The molecule has 3 rings (SSSR count). The fourth-order valence-corrected chi connectivity index (χ4v) is 2.67. The highest BCUT2D eigenvalue weighted by molar-refractivity contribution is 9.10. The summed E-state index contributed by atoms with van der Waals surface area (Å²) in [7, 11) is 1.62. The minimum atomic E-state index is -0.146. The number of aromatic nitrogens is 1. The molecule has 22 heavy (non-hydrogen) atoms. The number of anilines is 1. The Hall–Kier alpha value is -2.27. The number of fused-ring (bicyclic) bond motifs is 1. The van der Waals surface area contributed by atoms with Crippen LogP contribution in [0.4, 0.5) is 5.69 Å². The summed E-state index contributed by atoms with van der Waals surface area (Å²) in [5.41, 5.74) is 3.35. The first-order valence-electron chi connectivity index (χ1n) is 6.81. The van der Waals surface area contributed by atoms with E-state index in [-0.39, 0.29) is 5.91 Å².